The molecular weight excluding hydrogens is 653 g/mol. The van der Waals surface area contributed by atoms with Gasteiger partial charge in [0.1, 0.15) is 11.2 Å². The highest BCUT2D eigenvalue weighted by atomic mass is 16.6. The van der Waals surface area contributed by atoms with E-state index in [1.54, 1.807) is 0 Å². The zero-order valence-corrected chi connectivity index (χ0v) is 28.4. The summed E-state index contributed by atoms with van der Waals surface area (Å²) in [6.07, 6.45) is 0. The van der Waals surface area contributed by atoms with Crippen LogP contribution >= 0.6 is 0 Å². The number of fused-ring (bicyclic) bond motifs is 8. The van der Waals surface area contributed by atoms with E-state index >= 15 is 0 Å². The van der Waals surface area contributed by atoms with Crippen LogP contribution < -0.4 is 14.4 Å². The number of nitrogens with zero attached hydrogens (tertiary/aromatic N) is 2. The van der Waals surface area contributed by atoms with Gasteiger partial charge in [-0.05, 0) is 102 Å². The molecule has 0 bridgehead atoms. The lowest BCUT2D eigenvalue weighted by Gasteiger charge is -2.26. The average molecular weight is 683 g/mol. The SMILES string of the molecule is c1ccc(-n2c3ccccc3c3cc(N(c4ccc(-c5ccc6c(c5)Oc5ccccc5O6)cc4)c4ccc5c(c4)oc4ccccc45)ccc32)cc1. The quantitative estimate of drug-likeness (QED) is 0.181. The number of hydrogen-bond acceptors (Lipinski definition) is 4. The molecule has 0 spiro atoms. The first-order valence-corrected chi connectivity index (χ1v) is 17.7. The van der Waals surface area contributed by atoms with Crippen molar-refractivity contribution in [2.24, 2.45) is 0 Å². The van der Waals surface area contributed by atoms with Crippen molar-refractivity contribution in [3.05, 3.63) is 182 Å². The van der Waals surface area contributed by atoms with Gasteiger partial charge in [0.15, 0.2) is 23.0 Å². The summed E-state index contributed by atoms with van der Waals surface area (Å²) >= 11 is 0. The third-order valence-electron chi connectivity index (χ3n) is 10.2. The van der Waals surface area contributed by atoms with E-state index in [0.717, 1.165) is 67.1 Å². The molecular formula is C48H30N2O3. The van der Waals surface area contributed by atoms with Gasteiger partial charge in [-0.2, -0.15) is 0 Å². The first kappa shape index (κ1) is 29.5. The van der Waals surface area contributed by atoms with Crippen molar-refractivity contribution in [2.75, 3.05) is 4.90 Å². The number of benzene rings is 8. The summed E-state index contributed by atoms with van der Waals surface area (Å²) in [5.74, 6) is 2.85. The van der Waals surface area contributed by atoms with Crippen LogP contribution in [-0.4, -0.2) is 4.57 Å². The normalized spacial score (nSPS) is 12.1. The van der Waals surface area contributed by atoms with Crippen molar-refractivity contribution in [3.63, 3.8) is 0 Å². The largest absolute Gasteiger partial charge is 0.456 e. The Labute approximate surface area is 305 Å². The lowest BCUT2D eigenvalue weighted by molar-refractivity contribution is 0.360. The number of hydrogen-bond donors (Lipinski definition) is 0. The molecule has 0 unspecified atom stereocenters. The van der Waals surface area contributed by atoms with Crippen molar-refractivity contribution in [3.8, 4) is 39.8 Å². The zero-order chi connectivity index (χ0) is 34.9. The molecule has 0 radical (unpaired) electrons. The molecule has 1 aliphatic rings. The standard InChI is InChI=1S/C48H30N2O3/c1-2-10-33(11-3-1)50-41-14-6-4-12-37(41)40-29-35(24-26-42(40)50)49(36-23-25-39-38-13-5-7-15-43(38)51-47(39)30-36)34-21-18-31(19-22-34)32-20-27-46-48(28-32)53-45-17-9-8-16-44(45)52-46/h1-30H. The molecule has 0 aliphatic carbocycles. The van der Waals surface area contributed by atoms with Crippen molar-refractivity contribution < 1.29 is 13.9 Å². The minimum Gasteiger partial charge on any atom is -0.456 e. The maximum atomic E-state index is 6.39. The number of ether oxygens (including phenoxy) is 2. The summed E-state index contributed by atoms with van der Waals surface area (Å²) in [4.78, 5) is 2.31. The predicted molar refractivity (Wildman–Crippen MR) is 215 cm³/mol. The summed E-state index contributed by atoms with van der Waals surface area (Å²) in [6.45, 7) is 0. The molecule has 11 rings (SSSR count). The molecule has 0 saturated carbocycles. The molecule has 1 aliphatic heterocycles. The minimum absolute atomic E-state index is 0.703. The Morgan fingerprint density at radius 3 is 1.81 bits per heavy atom. The second-order valence-electron chi connectivity index (χ2n) is 13.4. The molecule has 0 N–H and O–H groups in total. The summed E-state index contributed by atoms with van der Waals surface area (Å²) in [5.41, 5.74) is 10.4. The van der Waals surface area contributed by atoms with Crippen LogP contribution in [0.4, 0.5) is 17.1 Å². The Kier molecular flexibility index (Phi) is 6.48. The lowest BCUT2D eigenvalue weighted by atomic mass is 10.0. The number of rotatable bonds is 5. The van der Waals surface area contributed by atoms with Crippen molar-refractivity contribution in [2.45, 2.75) is 0 Å². The minimum atomic E-state index is 0.703. The number of furan rings is 1. The van der Waals surface area contributed by atoms with Crippen molar-refractivity contribution >= 4 is 60.8 Å². The fraction of sp³-hybridized carbons (Fsp3) is 0. The van der Waals surface area contributed by atoms with E-state index in [4.69, 9.17) is 13.9 Å². The first-order valence-electron chi connectivity index (χ1n) is 17.7. The van der Waals surface area contributed by atoms with Gasteiger partial charge in [-0.25, -0.2) is 0 Å². The van der Waals surface area contributed by atoms with E-state index in [2.05, 4.69) is 143 Å². The van der Waals surface area contributed by atoms with Gasteiger partial charge >= 0.3 is 0 Å². The average Bonchev–Trinajstić information content (AvgIpc) is 3.76. The molecule has 2 aromatic heterocycles. The van der Waals surface area contributed by atoms with Crippen molar-refractivity contribution in [1.82, 2.24) is 4.57 Å². The Morgan fingerprint density at radius 2 is 0.962 bits per heavy atom. The number of aromatic nitrogens is 1. The van der Waals surface area contributed by atoms with E-state index < -0.39 is 0 Å². The maximum absolute atomic E-state index is 6.39. The monoisotopic (exact) mass is 682 g/mol. The highest BCUT2D eigenvalue weighted by molar-refractivity contribution is 6.11. The van der Waals surface area contributed by atoms with Crippen LogP contribution in [0, 0.1) is 0 Å². The smallest absolute Gasteiger partial charge is 0.170 e. The highest BCUT2D eigenvalue weighted by Gasteiger charge is 2.21. The zero-order valence-electron chi connectivity index (χ0n) is 28.4. The Hall–Kier alpha value is -7.24. The van der Waals surface area contributed by atoms with Crippen LogP contribution in [0.3, 0.4) is 0 Å². The van der Waals surface area contributed by atoms with Gasteiger partial charge in [-0.3, -0.25) is 0 Å². The van der Waals surface area contributed by atoms with Crippen LogP contribution in [0.2, 0.25) is 0 Å². The Morgan fingerprint density at radius 1 is 0.358 bits per heavy atom. The number of anilines is 3. The van der Waals surface area contributed by atoms with Crippen LogP contribution in [0.15, 0.2) is 186 Å². The molecule has 53 heavy (non-hydrogen) atoms. The fourth-order valence-electron chi connectivity index (χ4n) is 7.77. The van der Waals surface area contributed by atoms with Crippen molar-refractivity contribution in [1.29, 1.82) is 0 Å². The Bertz CT molecular complexity index is 3010. The van der Waals surface area contributed by atoms with Crippen LogP contribution in [0.25, 0.3) is 60.6 Å². The molecule has 5 nitrogen and oxygen atoms in total. The third kappa shape index (κ3) is 4.79. The van der Waals surface area contributed by atoms with Gasteiger partial charge in [0.25, 0.3) is 0 Å². The maximum Gasteiger partial charge on any atom is 0.170 e. The number of para-hydroxylation sites is 5. The summed E-state index contributed by atoms with van der Waals surface area (Å²) in [7, 11) is 0. The molecule has 0 saturated heterocycles. The first-order chi connectivity index (χ1) is 26.2. The predicted octanol–water partition coefficient (Wildman–Crippen LogP) is 13.7. The van der Waals surface area contributed by atoms with E-state index in [-0.39, 0.29) is 0 Å². The highest BCUT2D eigenvalue weighted by Crippen LogP contribution is 2.47. The van der Waals surface area contributed by atoms with Gasteiger partial charge in [-0.15, -0.1) is 0 Å². The topological polar surface area (TPSA) is 39.8 Å². The lowest BCUT2D eigenvalue weighted by Crippen LogP contribution is -2.09. The van der Waals surface area contributed by atoms with E-state index in [0.29, 0.717) is 17.2 Å². The fourth-order valence-corrected chi connectivity index (χ4v) is 7.77. The molecule has 5 heteroatoms. The molecule has 0 atom stereocenters. The molecule has 0 amide bonds. The molecule has 0 fully saturated rings. The van der Waals surface area contributed by atoms with Gasteiger partial charge in [-0.1, -0.05) is 84.9 Å². The summed E-state index contributed by atoms with van der Waals surface area (Å²) in [6, 6.07) is 63.2. The van der Waals surface area contributed by atoms with Crippen LogP contribution in [0.5, 0.6) is 23.0 Å². The summed E-state index contributed by atoms with van der Waals surface area (Å²) < 4.78 is 21.1. The summed E-state index contributed by atoms with van der Waals surface area (Å²) in [5, 5.41) is 4.61. The van der Waals surface area contributed by atoms with Gasteiger partial charge in [0.2, 0.25) is 0 Å². The molecule has 8 aromatic carbocycles. The third-order valence-corrected chi connectivity index (χ3v) is 10.2. The molecule has 250 valence electrons. The van der Waals surface area contributed by atoms with Crippen LogP contribution in [-0.2, 0) is 0 Å². The molecule has 10 aromatic rings. The second-order valence-corrected chi connectivity index (χ2v) is 13.4. The van der Waals surface area contributed by atoms with Gasteiger partial charge in [0, 0.05) is 50.4 Å². The van der Waals surface area contributed by atoms with E-state index in [1.165, 1.54) is 16.3 Å². The van der Waals surface area contributed by atoms with Gasteiger partial charge < -0.3 is 23.4 Å². The molecule has 3 heterocycles. The van der Waals surface area contributed by atoms with Crippen LogP contribution in [0.1, 0.15) is 0 Å². The second kappa shape index (κ2) is 11.7. The Balaban J connectivity index is 1.05. The van der Waals surface area contributed by atoms with Gasteiger partial charge in [0.05, 0.1) is 11.0 Å². The van der Waals surface area contributed by atoms with E-state index in [1.807, 2.05) is 48.5 Å². The van der Waals surface area contributed by atoms with E-state index in [9.17, 15) is 0 Å².